The fourth-order valence-corrected chi connectivity index (χ4v) is 1.36. The van der Waals surface area contributed by atoms with Crippen molar-refractivity contribution in [1.29, 1.82) is 0 Å². The topological polar surface area (TPSA) is 37.2 Å². The van der Waals surface area contributed by atoms with Gasteiger partial charge < -0.3 is 4.74 Å². The minimum absolute atomic E-state index is 0.0826. The number of hydrogen-bond donors (Lipinski definition) is 0. The van der Waals surface area contributed by atoms with Gasteiger partial charge in [-0.05, 0) is 13.0 Å². The van der Waals surface area contributed by atoms with Crippen LogP contribution in [0.4, 0.5) is 0 Å². The first-order valence-corrected chi connectivity index (χ1v) is 3.95. The van der Waals surface area contributed by atoms with Crippen molar-refractivity contribution in [3.8, 4) is 0 Å². The van der Waals surface area contributed by atoms with E-state index in [4.69, 9.17) is 4.74 Å². The zero-order valence-electron chi connectivity index (χ0n) is 7.19. The molecule has 0 spiro atoms. The van der Waals surface area contributed by atoms with E-state index < -0.39 is 0 Å². The van der Waals surface area contributed by atoms with E-state index in [1.807, 2.05) is 25.1 Å². The van der Waals surface area contributed by atoms with Gasteiger partial charge in [-0.25, -0.2) is 4.99 Å². The molecule has 0 amide bonds. The van der Waals surface area contributed by atoms with Gasteiger partial charge in [0.25, 0.3) is 0 Å². The van der Waals surface area contributed by atoms with Gasteiger partial charge in [0, 0.05) is 7.05 Å². The first-order valence-electron chi connectivity index (χ1n) is 3.95. The van der Waals surface area contributed by atoms with Crippen LogP contribution in [0.5, 0.6) is 0 Å². The number of rotatable bonds is 0. The van der Waals surface area contributed by atoms with Crippen LogP contribution in [0.1, 0.15) is 6.92 Å². The van der Waals surface area contributed by atoms with Crippen molar-refractivity contribution in [3.63, 3.8) is 0 Å². The molecule has 0 aromatic rings. The summed E-state index contributed by atoms with van der Waals surface area (Å²) in [7, 11) is 1.91. The average Bonchev–Trinajstić information content (AvgIpc) is 2.07. The van der Waals surface area contributed by atoms with E-state index in [9.17, 15) is 0 Å². The molecular weight excluding hydrogens is 154 g/mol. The molecule has 4 nitrogen and oxygen atoms in total. The Morgan fingerprint density at radius 3 is 3.25 bits per heavy atom. The summed E-state index contributed by atoms with van der Waals surface area (Å²) < 4.78 is 5.40. The highest BCUT2D eigenvalue weighted by Gasteiger charge is 2.23. The summed E-state index contributed by atoms with van der Waals surface area (Å²) in [5.41, 5.74) is 2.04. The summed E-state index contributed by atoms with van der Waals surface area (Å²) >= 11 is 0. The van der Waals surface area contributed by atoms with E-state index in [0.717, 1.165) is 11.4 Å². The zero-order chi connectivity index (χ0) is 8.55. The van der Waals surface area contributed by atoms with Crippen LogP contribution in [0.2, 0.25) is 0 Å². The fraction of sp³-hybridized carbons (Fsp3) is 0.500. The SMILES string of the molecule is CC1OCC=C2C1=NC=NN2C. The largest absolute Gasteiger partial charge is 0.368 e. The predicted molar refractivity (Wildman–Crippen MR) is 47.2 cm³/mol. The van der Waals surface area contributed by atoms with E-state index in [0.29, 0.717) is 6.61 Å². The number of aliphatic imine (C=N–C) groups is 1. The number of nitrogens with zero attached hydrogens (tertiary/aromatic N) is 3. The van der Waals surface area contributed by atoms with Crippen LogP contribution < -0.4 is 0 Å². The van der Waals surface area contributed by atoms with Crippen molar-refractivity contribution in [1.82, 2.24) is 5.01 Å². The molecule has 0 N–H and O–H groups in total. The van der Waals surface area contributed by atoms with Gasteiger partial charge in [-0.3, -0.25) is 5.01 Å². The van der Waals surface area contributed by atoms with Crippen LogP contribution in [-0.4, -0.2) is 36.8 Å². The van der Waals surface area contributed by atoms with Crippen molar-refractivity contribution < 1.29 is 4.74 Å². The molecule has 2 heterocycles. The number of hydrogen-bond acceptors (Lipinski definition) is 4. The summed E-state index contributed by atoms with van der Waals surface area (Å²) in [6.07, 6.45) is 3.63. The monoisotopic (exact) mass is 165 g/mol. The molecule has 0 saturated heterocycles. The van der Waals surface area contributed by atoms with Gasteiger partial charge in [0.15, 0.2) is 0 Å². The Morgan fingerprint density at radius 1 is 1.67 bits per heavy atom. The molecule has 2 rings (SSSR count). The van der Waals surface area contributed by atoms with Crippen LogP contribution in [-0.2, 0) is 4.74 Å². The van der Waals surface area contributed by atoms with Crippen molar-refractivity contribution in [2.24, 2.45) is 10.1 Å². The lowest BCUT2D eigenvalue weighted by molar-refractivity contribution is 0.127. The van der Waals surface area contributed by atoms with Crippen molar-refractivity contribution in [2.75, 3.05) is 13.7 Å². The van der Waals surface area contributed by atoms with Crippen LogP contribution >= 0.6 is 0 Å². The third-order valence-corrected chi connectivity index (χ3v) is 2.04. The molecule has 12 heavy (non-hydrogen) atoms. The standard InChI is InChI=1S/C8H11N3O/c1-6-8-7(3-4-12-6)11(2)10-5-9-8/h3,5-6H,4H2,1-2H3. The summed E-state index contributed by atoms with van der Waals surface area (Å²) in [4.78, 5) is 4.17. The molecule has 4 heteroatoms. The van der Waals surface area contributed by atoms with Gasteiger partial charge in [0.1, 0.15) is 6.34 Å². The predicted octanol–water partition coefficient (Wildman–Crippen LogP) is 0.619. The first-order chi connectivity index (χ1) is 5.79. The Labute approximate surface area is 71.2 Å². The lowest BCUT2D eigenvalue weighted by atomic mass is 10.1. The molecule has 0 aliphatic carbocycles. The average molecular weight is 165 g/mol. The van der Waals surface area contributed by atoms with E-state index >= 15 is 0 Å². The molecule has 64 valence electrons. The maximum Gasteiger partial charge on any atom is 0.136 e. The van der Waals surface area contributed by atoms with Crippen LogP contribution in [0, 0.1) is 0 Å². The summed E-state index contributed by atoms with van der Waals surface area (Å²) in [6.45, 7) is 2.65. The molecule has 1 unspecified atom stereocenters. The molecular formula is C8H11N3O. The van der Waals surface area contributed by atoms with Crippen LogP contribution in [0.15, 0.2) is 21.9 Å². The third kappa shape index (κ3) is 1.04. The molecule has 2 aliphatic rings. The molecule has 0 saturated carbocycles. The molecule has 2 aliphatic heterocycles. The molecule has 1 atom stereocenters. The Morgan fingerprint density at radius 2 is 2.50 bits per heavy atom. The Balaban J connectivity index is 2.38. The third-order valence-electron chi connectivity index (χ3n) is 2.04. The summed E-state index contributed by atoms with van der Waals surface area (Å²) in [6, 6.07) is 0. The Kier molecular flexibility index (Phi) is 1.69. The second kappa shape index (κ2) is 2.71. The summed E-state index contributed by atoms with van der Waals surface area (Å²) in [5.74, 6) is 0. The molecule has 0 radical (unpaired) electrons. The van der Waals surface area contributed by atoms with Crippen molar-refractivity contribution >= 4 is 12.1 Å². The van der Waals surface area contributed by atoms with E-state index in [1.54, 1.807) is 6.34 Å². The number of fused-ring (bicyclic) bond motifs is 1. The maximum atomic E-state index is 5.40. The lowest BCUT2D eigenvalue weighted by Gasteiger charge is -2.28. The molecule has 0 aromatic heterocycles. The van der Waals surface area contributed by atoms with Gasteiger partial charge >= 0.3 is 0 Å². The van der Waals surface area contributed by atoms with Gasteiger partial charge in [-0.15, -0.1) is 0 Å². The van der Waals surface area contributed by atoms with Gasteiger partial charge in [-0.1, -0.05) is 0 Å². The van der Waals surface area contributed by atoms with Crippen molar-refractivity contribution in [3.05, 3.63) is 11.8 Å². The second-order valence-corrected chi connectivity index (χ2v) is 2.83. The lowest BCUT2D eigenvalue weighted by Crippen LogP contribution is -2.35. The maximum absolute atomic E-state index is 5.40. The fourth-order valence-electron chi connectivity index (χ4n) is 1.36. The quantitative estimate of drug-likeness (QED) is 0.527. The highest BCUT2D eigenvalue weighted by molar-refractivity contribution is 6.07. The van der Waals surface area contributed by atoms with Crippen LogP contribution in [0.25, 0.3) is 0 Å². The normalized spacial score (nSPS) is 27.8. The van der Waals surface area contributed by atoms with Gasteiger partial charge in [0.05, 0.1) is 24.1 Å². The van der Waals surface area contributed by atoms with E-state index in [1.165, 1.54) is 0 Å². The smallest absolute Gasteiger partial charge is 0.136 e. The molecule has 0 aromatic carbocycles. The van der Waals surface area contributed by atoms with E-state index in [2.05, 4.69) is 10.1 Å². The molecule has 0 fully saturated rings. The summed E-state index contributed by atoms with van der Waals surface area (Å²) in [5, 5.41) is 5.87. The highest BCUT2D eigenvalue weighted by atomic mass is 16.5. The van der Waals surface area contributed by atoms with Gasteiger partial charge in [0.2, 0.25) is 0 Å². The second-order valence-electron chi connectivity index (χ2n) is 2.83. The number of ether oxygens (including phenoxy) is 1. The van der Waals surface area contributed by atoms with E-state index in [-0.39, 0.29) is 6.10 Å². The first kappa shape index (κ1) is 7.49. The Hall–Kier alpha value is -1.16. The number of hydrazone groups is 1. The minimum atomic E-state index is 0.0826. The zero-order valence-corrected chi connectivity index (χ0v) is 7.19. The van der Waals surface area contributed by atoms with Crippen LogP contribution in [0.3, 0.4) is 0 Å². The van der Waals surface area contributed by atoms with Gasteiger partial charge in [-0.2, -0.15) is 5.10 Å². The van der Waals surface area contributed by atoms with Crippen molar-refractivity contribution in [2.45, 2.75) is 13.0 Å². The minimum Gasteiger partial charge on any atom is -0.368 e. The highest BCUT2D eigenvalue weighted by Crippen LogP contribution is 2.17. The Bertz CT molecular complexity index is 280. The molecule has 0 bridgehead atoms.